The van der Waals surface area contributed by atoms with Gasteiger partial charge in [0.2, 0.25) is 18.8 Å². The summed E-state index contributed by atoms with van der Waals surface area (Å²) in [5, 5.41) is 50.9. The lowest BCUT2D eigenvalue weighted by Gasteiger charge is -2.42. The van der Waals surface area contributed by atoms with Gasteiger partial charge in [-0.25, -0.2) is 0 Å². The lowest BCUT2D eigenvalue weighted by molar-refractivity contribution is -0.294. The number of esters is 1. The van der Waals surface area contributed by atoms with E-state index in [0.29, 0.717) is 39.9 Å². The van der Waals surface area contributed by atoms with Crippen LogP contribution in [0.5, 0.6) is 28.7 Å². The molecule has 13 nitrogen and oxygen atoms in total. The van der Waals surface area contributed by atoms with Gasteiger partial charge in [-0.15, -0.1) is 0 Å². The minimum absolute atomic E-state index is 0.0408. The first-order chi connectivity index (χ1) is 19.8. The van der Waals surface area contributed by atoms with E-state index in [2.05, 4.69) is 0 Å². The summed E-state index contributed by atoms with van der Waals surface area (Å²) in [5.74, 6) is -1.18. The van der Waals surface area contributed by atoms with Crippen LogP contribution in [0.1, 0.15) is 22.6 Å². The zero-order valence-electron chi connectivity index (χ0n) is 22.8. The van der Waals surface area contributed by atoms with E-state index in [4.69, 9.17) is 33.2 Å². The Bertz CT molecular complexity index is 1240. The molecule has 8 unspecified atom stereocenters. The smallest absolute Gasteiger partial charge is 0.312 e. The first-order valence-electron chi connectivity index (χ1n) is 13.1. The number of fused-ring (bicyclic) bond motifs is 2. The fourth-order valence-corrected chi connectivity index (χ4v) is 5.87. The van der Waals surface area contributed by atoms with Crippen LogP contribution < -0.4 is 23.7 Å². The number of aliphatic hydroxyl groups excluding tert-OH is 5. The first kappa shape index (κ1) is 29.2. The van der Waals surface area contributed by atoms with Crippen molar-refractivity contribution in [2.75, 3.05) is 41.3 Å². The second-order valence-electron chi connectivity index (χ2n) is 10.1. The van der Waals surface area contributed by atoms with Crippen LogP contribution in [-0.2, 0) is 20.7 Å². The monoisotopic (exact) mass is 578 g/mol. The molecule has 41 heavy (non-hydrogen) atoms. The fourth-order valence-electron chi connectivity index (χ4n) is 5.87. The summed E-state index contributed by atoms with van der Waals surface area (Å²) in [7, 11) is 4.41. The van der Waals surface area contributed by atoms with Crippen LogP contribution in [0.3, 0.4) is 0 Å². The second-order valence-corrected chi connectivity index (χ2v) is 10.1. The minimum atomic E-state index is -1.78. The van der Waals surface area contributed by atoms with E-state index in [-0.39, 0.29) is 19.8 Å². The van der Waals surface area contributed by atoms with Crippen LogP contribution in [0.15, 0.2) is 24.3 Å². The molecule has 5 N–H and O–H groups in total. The number of carbonyl (C=O) groups excluding carboxylic acids is 1. The van der Waals surface area contributed by atoms with Gasteiger partial charge in [0.25, 0.3) is 0 Å². The lowest BCUT2D eigenvalue weighted by atomic mass is 9.66. The molecule has 13 heteroatoms. The minimum Gasteiger partial charge on any atom is -0.493 e. The Kier molecular flexibility index (Phi) is 8.45. The highest BCUT2D eigenvalue weighted by molar-refractivity contribution is 5.77. The molecule has 2 aromatic carbocycles. The van der Waals surface area contributed by atoms with Gasteiger partial charge >= 0.3 is 5.97 Å². The Balaban J connectivity index is 1.61. The predicted molar refractivity (Wildman–Crippen MR) is 138 cm³/mol. The van der Waals surface area contributed by atoms with Crippen molar-refractivity contribution < 1.29 is 63.5 Å². The number of aliphatic hydroxyl groups is 5. The van der Waals surface area contributed by atoms with E-state index in [0.717, 1.165) is 5.56 Å². The normalized spacial score (nSPS) is 30.3. The summed E-state index contributed by atoms with van der Waals surface area (Å²) in [6.07, 6.45) is -7.79. The SMILES string of the molecule is COc1cc(C2c3cc4c(cc3CC(CO)C2C(=O)OC2OC(CO)C(O)C(O)C2O)OCO4)cc(OC)c1OC. The summed E-state index contributed by atoms with van der Waals surface area (Å²) < 4.78 is 38.8. The summed E-state index contributed by atoms with van der Waals surface area (Å²) in [6, 6.07) is 7.01. The number of benzene rings is 2. The zero-order chi connectivity index (χ0) is 29.4. The molecule has 0 saturated carbocycles. The van der Waals surface area contributed by atoms with Crippen LogP contribution in [0.4, 0.5) is 0 Å². The Morgan fingerprint density at radius 2 is 1.54 bits per heavy atom. The third-order valence-electron chi connectivity index (χ3n) is 7.95. The summed E-state index contributed by atoms with van der Waals surface area (Å²) in [4.78, 5) is 13.9. The molecule has 0 bridgehead atoms. The molecule has 0 spiro atoms. The van der Waals surface area contributed by atoms with E-state index in [1.165, 1.54) is 21.3 Å². The summed E-state index contributed by atoms with van der Waals surface area (Å²) in [6.45, 7) is -1.03. The average molecular weight is 579 g/mol. The van der Waals surface area contributed by atoms with Gasteiger partial charge in [-0.1, -0.05) is 0 Å². The summed E-state index contributed by atoms with van der Waals surface area (Å²) in [5.41, 5.74) is 2.11. The van der Waals surface area contributed by atoms with Gasteiger partial charge in [-0.05, 0) is 47.4 Å². The molecule has 5 rings (SSSR count). The van der Waals surface area contributed by atoms with Crippen LogP contribution in [0.2, 0.25) is 0 Å². The molecule has 2 aromatic rings. The van der Waals surface area contributed by atoms with Crippen molar-refractivity contribution in [3.63, 3.8) is 0 Å². The average Bonchev–Trinajstić information content (AvgIpc) is 3.45. The van der Waals surface area contributed by atoms with E-state index in [1.807, 2.05) is 6.07 Å². The molecule has 8 atom stereocenters. The number of methoxy groups -OCH3 is 3. The number of hydrogen-bond acceptors (Lipinski definition) is 13. The maximum Gasteiger partial charge on any atom is 0.312 e. The molecule has 2 aliphatic heterocycles. The van der Waals surface area contributed by atoms with Gasteiger partial charge in [0.05, 0.1) is 33.9 Å². The van der Waals surface area contributed by atoms with Gasteiger partial charge in [0.15, 0.2) is 23.0 Å². The number of hydrogen-bond donors (Lipinski definition) is 5. The van der Waals surface area contributed by atoms with Crippen molar-refractivity contribution in [3.8, 4) is 28.7 Å². The largest absolute Gasteiger partial charge is 0.493 e. The van der Waals surface area contributed by atoms with Crippen molar-refractivity contribution in [2.45, 2.75) is 43.0 Å². The van der Waals surface area contributed by atoms with Gasteiger partial charge in [0, 0.05) is 18.4 Å². The number of rotatable bonds is 8. The van der Waals surface area contributed by atoms with Crippen LogP contribution in [-0.4, -0.2) is 104 Å². The van der Waals surface area contributed by atoms with E-state index in [9.17, 15) is 30.3 Å². The molecule has 1 aliphatic carbocycles. The van der Waals surface area contributed by atoms with Crippen molar-refractivity contribution in [1.82, 2.24) is 0 Å². The fraction of sp³-hybridized carbons (Fsp3) is 0.536. The third kappa shape index (κ3) is 5.13. The molecule has 2 heterocycles. The standard InChI is InChI=1S/C28H34O13/c1-35-18-6-13(7-19(36-2)26(18)37-3)21-15-8-17-16(38-11-39-17)5-12(15)4-14(9-29)22(21)27(34)41-28-25(33)24(32)23(31)20(10-30)40-28/h5-8,14,20-25,28-33H,4,9-11H2,1-3H3. The van der Waals surface area contributed by atoms with Gasteiger partial charge in [0.1, 0.15) is 24.4 Å². The molecular weight excluding hydrogens is 544 g/mol. The highest BCUT2D eigenvalue weighted by Gasteiger charge is 2.49. The van der Waals surface area contributed by atoms with Gasteiger partial charge in [-0.3, -0.25) is 4.79 Å². The Morgan fingerprint density at radius 3 is 2.12 bits per heavy atom. The zero-order valence-corrected chi connectivity index (χ0v) is 22.8. The molecule has 1 saturated heterocycles. The Hall–Kier alpha value is -3.33. The van der Waals surface area contributed by atoms with E-state index in [1.54, 1.807) is 18.2 Å². The topological polar surface area (TPSA) is 183 Å². The van der Waals surface area contributed by atoms with E-state index < -0.39 is 61.0 Å². The molecule has 0 radical (unpaired) electrons. The summed E-state index contributed by atoms with van der Waals surface area (Å²) >= 11 is 0. The highest BCUT2D eigenvalue weighted by atomic mass is 16.7. The maximum atomic E-state index is 13.9. The quantitative estimate of drug-likeness (QED) is 0.258. The van der Waals surface area contributed by atoms with Crippen LogP contribution in [0.25, 0.3) is 0 Å². The first-order valence-corrected chi connectivity index (χ1v) is 13.1. The van der Waals surface area contributed by atoms with Gasteiger partial charge in [-0.2, -0.15) is 0 Å². The molecule has 1 fully saturated rings. The Morgan fingerprint density at radius 1 is 0.878 bits per heavy atom. The molecule has 0 aromatic heterocycles. The number of ether oxygens (including phenoxy) is 7. The van der Waals surface area contributed by atoms with E-state index >= 15 is 0 Å². The van der Waals surface area contributed by atoms with Crippen molar-refractivity contribution >= 4 is 5.97 Å². The molecular formula is C28H34O13. The molecule has 0 amide bonds. The van der Waals surface area contributed by atoms with Crippen LogP contribution in [0, 0.1) is 11.8 Å². The molecule has 3 aliphatic rings. The highest BCUT2D eigenvalue weighted by Crippen LogP contribution is 2.51. The van der Waals surface area contributed by atoms with Crippen LogP contribution >= 0.6 is 0 Å². The lowest BCUT2D eigenvalue weighted by Crippen LogP contribution is -2.60. The second kappa shape index (κ2) is 11.9. The van der Waals surface area contributed by atoms with Crippen molar-refractivity contribution in [1.29, 1.82) is 0 Å². The van der Waals surface area contributed by atoms with Crippen molar-refractivity contribution in [2.24, 2.45) is 11.8 Å². The number of carbonyl (C=O) groups is 1. The molecule has 224 valence electrons. The predicted octanol–water partition coefficient (Wildman–Crippen LogP) is -0.303. The maximum absolute atomic E-state index is 13.9. The van der Waals surface area contributed by atoms with Crippen molar-refractivity contribution in [3.05, 3.63) is 41.0 Å². The van der Waals surface area contributed by atoms with Gasteiger partial charge < -0.3 is 58.7 Å². The third-order valence-corrected chi connectivity index (χ3v) is 7.95. The Labute approximate surface area is 235 Å².